The van der Waals surface area contributed by atoms with Crippen LogP contribution in [-0.4, -0.2) is 5.91 Å². The lowest BCUT2D eigenvalue weighted by Crippen LogP contribution is -2.20. The van der Waals surface area contributed by atoms with Crippen molar-refractivity contribution in [3.05, 3.63) is 33.8 Å². The van der Waals surface area contributed by atoms with Crippen molar-refractivity contribution in [1.29, 1.82) is 0 Å². The zero-order chi connectivity index (χ0) is 10.7. The number of carbonyl (C=O) groups excluding carboxylic acids is 1. The van der Waals surface area contributed by atoms with Gasteiger partial charge in [0.1, 0.15) is 0 Å². The summed E-state index contributed by atoms with van der Waals surface area (Å²) in [4.78, 5) is 10.7. The molecule has 0 saturated carbocycles. The summed E-state index contributed by atoms with van der Waals surface area (Å²) in [5, 5.41) is 0. The van der Waals surface area contributed by atoms with Crippen LogP contribution in [0.5, 0.6) is 0 Å². The Morgan fingerprint density at radius 3 is 2.71 bits per heavy atom. The van der Waals surface area contributed by atoms with Crippen LogP contribution >= 0.6 is 15.9 Å². The van der Waals surface area contributed by atoms with Gasteiger partial charge < -0.3 is 11.5 Å². The summed E-state index contributed by atoms with van der Waals surface area (Å²) in [6, 6.07) is 5.51. The van der Waals surface area contributed by atoms with Crippen molar-refractivity contribution in [2.24, 2.45) is 11.5 Å². The molecule has 14 heavy (non-hydrogen) atoms. The summed E-state index contributed by atoms with van der Waals surface area (Å²) in [6.07, 6.45) is 0.168. The third-order valence-electron chi connectivity index (χ3n) is 1.98. The van der Waals surface area contributed by atoms with E-state index in [1.54, 1.807) is 0 Å². The van der Waals surface area contributed by atoms with Gasteiger partial charge in [-0.3, -0.25) is 4.79 Å². The van der Waals surface area contributed by atoms with Gasteiger partial charge in [-0.1, -0.05) is 28.1 Å². The predicted octanol–water partition coefficient (Wildman–Crippen LogP) is 1.63. The van der Waals surface area contributed by atoms with Crippen LogP contribution in [0.1, 0.15) is 23.6 Å². The molecule has 4 heteroatoms. The number of halogens is 1. The van der Waals surface area contributed by atoms with Crippen LogP contribution in [0.3, 0.4) is 0 Å². The first-order valence-electron chi connectivity index (χ1n) is 4.30. The average molecular weight is 257 g/mol. The van der Waals surface area contributed by atoms with Crippen LogP contribution in [0.2, 0.25) is 0 Å². The zero-order valence-corrected chi connectivity index (χ0v) is 9.54. The van der Waals surface area contributed by atoms with Crippen LogP contribution in [0.4, 0.5) is 0 Å². The minimum absolute atomic E-state index is 0.168. The molecule has 0 fully saturated rings. The maximum Gasteiger partial charge on any atom is 0.219 e. The summed E-state index contributed by atoms with van der Waals surface area (Å²) in [5.41, 5.74) is 12.9. The van der Waals surface area contributed by atoms with Crippen molar-refractivity contribution in [3.63, 3.8) is 0 Å². The fraction of sp³-hybridized carbons (Fsp3) is 0.300. The zero-order valence-electron chi connectivity index (χ0n) is 7.96. The van der Waals surface area contributed by atoms with Gasteiger partial charge in [0.05, 0.1) is 0 Å². The second-order valence-corrected chi connectivity index (χ2v) is 4.16. The number of hydrogen-bond acceptors (Lipinski definition) is 2. The Morgan fingerprint density at radius 2 is 2.21 bits per heavy atom. The SMILES string of the molecule is Cc1ccc([C@@H](N)CC(N)=O)c(Br)c1. The van der Waals surface area contributed by atoms with Gasteiger partial charge in [0, 0.05) is 16.9 Å². The van der Waals surface area contributed by atoms with E-state index in [4.69, 9.17) is 11.5 Å². The maximum atomic E-state index is 10.7. The predicted molar refractivity (Wildman–Crippen MR) is 59.6 cm³/mol. The largest absolute Gasteiger partial charge is 0.370 e. The summed E-state index contributed by atoms with van der Waals surface area (Å²) >= 11 is 3.41. The van der Waals surface area contributed by atoms with Crippen LogP contribution in [0.25, 0.3) is 0 Å². The number of hydrogen-bond donors (Lipinski definition) is 2. The molecular weight excluding hydrogens is 244 g/mol. The monoisotopic (exact) mass is 256 g/mol. The highest BCUT2D eigenvalue weighted by Gasteiger charge is 2.12. The topological polar surface area (TPSA) is 69.1 Å². The number of nitrogens with two attached hydrogens (primary N) is 2. The van der Waals surface area contributed by atoms with Gasteiger partial charge in [-0.05, 0) is 24.1 Å². The standard InChI is InChI=1S/C10H13BrN2O/c1-6-2-3-7(8(11)4-6)9(12)5-10(13)14/h2-4,9H,5,12H2,1H3,(H2,13,14)/t9-/m0/s1. The molecule has 0 aliphatic carbocycles. The first-order chi connectivity index (χ1) is 6.50. The first kappa shape index (κ1) is 11.2. The molecular formula is C10H13BrN2O. The third kappa shape index (κ3) is 2.82. The highest BCUT2D eigenvalue weighted by molar-refractivity contribution is 9.10. The molecule has 0 unspecified atom stereocenters. The Balaban J connectivity index is 2.90. The number of aryl methyl sites for hydroxylation is 1. The summed E-state index contributed by atoms with van der Waals surface area (Å²) in [5.74, 6) is -0.384. The van der Waals surface area contributed by atoms with Crippen molar-refractivity contribution in [2.45, 2.75) is 19.4 Å². The van der Waals surface area contributed by atoms with Gasteiger partial charge in [-0.25, -0.2) is 0 Å². The van der Waals surface area contributed by atoms with Crippen molar-refractivity contribution in [1.82, 2.24) is 0 Å². The molecule has 0 bridgehead atoms. The molecule has 1 atom stereocenters. The van der Waals surface area contributed by atoms with Crippen LogP contribution in [-0.2, 0) is 4.79 Å². The molecule has 4 N–H and O–H groups in total. The minimum Gasteiger partial charge on any atom is -0.370 e. The van der Waals surface area contributed by atoms with E-state index in [9.17, 15) is 4.79 Å². The molecule has 1 aromatic carbocycles. The van der Waals surface area contributed by atoms with E-state index in [1.165, 1.54) is 0 Å². The van der Waals surface area contributed by atoms with Gasteiger partial charge in [0.15, 0.2) is 0 Å². The molecule has 76 valence electrons. The van der Waals surface area contributed by atoms with Gasteiger partial charge in [0.25, 0.3) is 0 Å². The van der Waals surface area contributed by atoms with E-state index in [0.717, 1.165) is 15.6 Å². The quantitative estimate of drug-likeness (QED) is 0.864. The number of amides is 1. The Kier molecular flexibility index (Phi) is 3.66. The minimum atomic E-state index is -0.384. The molecule has 1 rings (SSSR count). The van der Waals surface area contributed by atoms with Crippen molar-refractivity contribution in [3.8, 4) is 0 Å². The molecule has 0 spiro atoms. The first-order valence-corrected chi connectivity index (χ1v) is 5.10. The third-order valence-corrected chi connectivity index (χ3v) is 2.66. The number of primary amides is 1. The van der Waals surface area contributed by atoms with Gasteiger partial charge in [-0.2, -0.15) is 0 Å². The Morgan fingerprint density at radius 1 is 1.57 bits per heavy atom. The van der Waals surface area contributed by atoms with E-state index in [1.807, 2.05) is 25.1 Å². The molecule has 0 radical (unpaired) electrons. The van der Waals surface area contributed by atoms with E-state index in [2.05, 4.69) is 15.9 Å². The molecule has 1 amide bonds. The second-order valence-electron chi connectivity index (χ2n) is 3.30. The smallest absolute Gasteiger partial charge is 0.219 e. The molecule has 0 aliphatic rings. The Bertz CT molecular complexity index is 352. The molecule has 0 aliphatic heterocycles. The lowest BCUT2D eigenvalue weighted by atomic mass is 10.0. The lowest BCUT2D eigenvalue weighted by molar-refractivity contribution is -0.118. The normalized spacial score (nSPS) is 12.5. The summed E-state index contributed by atoms with van der Waals surface area (Å²) in [6.45, 7) is 1.99. The highest BCUT2D eigenvalue weighted by Crippen LogP contribution is 2.24. The average Bonchev–Trinajstić information content (AvgIpc) is 2.01. The molecule has 3 nitrogen and oxygen atoms in total. The molecule has 0 heterocycles. The lowest BCUT2D eigenvalue weighted by Gasteiger charge is -2.12. The summed E-state index contributed by atoms with van der Waals surface area (Å²) < 4.78 is 0.922. The molecule has 0 saturated heterocycles. The fourth-order valence-corrected chi connectivity index (χ4v) is 2.05. The van der Waals surface area contributed by atoms with Gasteiger partial charge >= 0.3 is 0 Å². The van der Waals surface area contributed by atoms with Crippen LogP contribution in [0.15, 0.2) is 22.7 Å². The van der Waals surface area contributed by atoms with Crippen LogP contribution < -0.4 is 11.5 Å². The van der Waals surface area contributed by atoms with E-state index >= 15 is 0 Å². The van der Waals surface area contributed by atoms with Crippen molar-refractivity contribution in [2.75, 3.05) is 0 Å². The summed E-state index contributed by atoms with van der Waals surface area (Å²) in [7, 11) is 0. The number of carbonyl (C=O) groups is 1. The number of rotatable bonds is 3. The molecule has 0 aromatic heterocycles. The van der Waals surface area contributed by atoms with Crippen molar-refractivity contribution >= 4 is 21.8 Å². The van der Waals surface area contributed by atoms with Crippen LogP contribution in [0, 0.1) is 6.92 Å². The van der Waals surface area contributed by atoms with E-state index in [-0.39, 0.29) is 18.4 Å². The van der Waals surface area contributed by atoms with Crippen molar-refractivity contribution < 1.29 is 4.79 Å². The Labute approximate surface area is 91.6 Å². The van der Waals surface area contributed by atoms with Gasteiger partial charge in [-0.15, -0.1) is 0 Å². The van der Waals surface area contributed by atoms with E-state index < -0.39 is 0 Å². The number of benzene rings is 1. The highest BCUT2D eigenvalue weighted by atomic mass is 79.9. The maximum absolute atomic E-state index is 10.7. The Hall–Kier alpha value is -0.870. The second kappa shape index (κ2) is 4.57. The molecule has 1 aromatic rings. The fourth-order valence-electron chi connectivity index (χ4n) is 1.26. The van der Waals surface area contributed by atoms with E-state index in [0.29, 0.717) is 0 Å². The van der Waals surface area contributed by atoms with Gasteiger partial charge in [0.2, 0.25) is 5.91 Å².